The molecule has 0 aromatic heterocycles. The van der Waals surface area contributed by atoms with Crippen LogP contribution in [0, 0.1) is 5.92 Å². The summed E-state index contributed by atoms with van der Waals surface area (Å²) < 4.78 is 5.22. The summed E-state index contributed by atoms with van der Waals surface area (Å²) in [5.74, 6) is 1.04. The first kappa shape index (κ1) is 19.1. The number of aliphatic hydroxyl groups excluding tert-OH is 1. The Hall–Kier alpha value is -2.86. The summed E-state index contributed by atoms with van der Waals surface area (Å²) in [6, 6.07) is 16.0. The van der Waals surface area contributed by atoms with Gasteiger partial charge in [0.15, 0.2) is 0 Å². The van der Waals surface area contributed by atoms with Crippen molar-refractivity contribution >= 4 is 11.8 Å². The van der Waals surface area contributed by atoms with Crippen LogP contribution in [0.2, 0.25) is 0 Å². The predicted molar refractivity (Wildman–Crippen MR) is 112 cm³/mol. The molecule has 1 N–H and O–H groups in total. The van der Waals surface area contributed by atoms with Gasteiger partial charge in [-0.3, -0.25) is 9.59 Å². The van der Waals surface area contributed by atoms with Crippen molar-refractivity contribution in [3.8, 4) is 16.9 Å². The molecule has 5 rings (SSSR count). The van der Waals surface area contributed by atoms with E-state index in [-0.39, 0.29) is 48.9 Å². The second-order valence-electron chi connectivity index (χ2n) is 8.49. The number of carbonyl (C=O) groups excluding carboxylic acids is 2. The molecule has 3 fully saturated rings. The molecule has 30 heavy (non-hydrogen) atoms. The van der Waals surface area contributed by atoms with Crippen LogP contribution in [0.25, 0.3) is 11.1 Å². The summed E-state index contributed by atoms with van der Waals surface area (Å²) in [4.78, 5) is 28.7. The minimum absolute atomic E-state index is 0.0404. The van der Waals surface area contributed by atoms with Gasteiger partial charge in [0.25, 0.3) is 0 Å². The van der Waals surface area contributed by atoms with Gasteiger partial charge >= 0.3 is 0 Å². The Labute approximate surface area is 176 Å². The van der Waals surface area contributed by atoms with Gasteiger partial charge in [-0.05, 0) is 41.7 Å². The van der Waals surface area contributed by atoms with Crippen LogP contribution in [0.3, 0.4) is 0 Å². The highest BCUT2D eigenvalue weighted by Gasteiger charge is 2.55. The molecule has 6 heteroatoms. The fraction of sp³-hybridized carbons (Fsp3) is 0.417. The monoisotopic (exact) mass is 406 g/mol. The fourth-order valence-electron chi connectivity index (χ4n) is 4.94. The van der Waals surface area contributed by atoms with Gasteiger partial charge in [-0.1, -0.05) is 36.4 Å². The molecule has 0 bridgehead atoms. The maximum atomic E-state index is 12.7. The average molecular weight is 406 g/mol. The molecule has 156 valence electrons. The molecule has 2 amide bonds. The van der Waals surface area contributed by atoms with Gasteiger partial charge in [-0.15, -0.1) is 0 Å². The molecular weight excluding hydrogens is 380 g/mol. The summed E-state index contributed by atoms with van der Waals surface area (Å²) in [6.45, 7) is 0.637. The molecule has 2 heterocycles. The number of ether oxygens (including phenoxy) is 1. The largest absolute Gasteiger partial charge is 0.497 e. The zero-order valence-corrected chi connectivity index (χ0v) is 17.0. The van der Waals surface area contributed by atoms with Crippen LogP contribution < -0.4 is 4.74 Å². The van der Waals surface area contributed by atoms with Crippen molar-refractivity contribution in [3.63, 3.8) is 0 Å². The van der Waals surface area contributed by atoms with Crippen molar-refractivity contribution in [2.24, 2.45) is 5.92 Å². The van der Waals surface area contributed by atoms with Gasteiger partial charge in [0, 0.05) is 18.4 Å². The molecule has 3 atom stereocenters. The van der Waals surface area contributed by atoms with Crippen LogP contribution in [-0.4, -0.2) is 65.6 Å². The first-order valence-electron chi connectivity index (χ1n) is 10.6. The van der Waals surface area contributed by atoms with E-state index in [4.69, 9.17) is 4.74 Å². The third-order valence-electron chi connectivity index (χ3n) is 6.71. The van der Waals surface area contributed by atoms with Crippen molar-refractivity contribution in [1.29, 1.82) is 0 Å². The Kier molecular flexibility index (Phi) is 4.74. The van der Waals surface area contributed by atoms with E-state index in [0.717, 1.165) is 35.3 Å². The normalized spacial score (nSPS) is 25.5. The first-order valence-corrected chi connectivity index (χ1v) is 10.6. The Bertz CT molecular complexity index is 952. The second kappa shape index (κ2) is 7.43. The lowest BCUT2D eigenvalue weighted by atomic mass is 9.73. The smallest absolute Gasteiger partial charge is 0.242 e. The molecule has 1 aliphatic carbocycles. The summed E-state index contributed by atoms with van der Waals surface area (Å²) in [5, 5.41) is 9.94. The van der Waals surface area contributed by atoms with Gasteiger partial charge in [-0.2, -0.15) is 0 Å². The number of hydrogen-bond donors (Lipinski definition) is 1. The molecule has 0 radical (unpaired) electrons. The van der Waals surface area contributed by atoms with Crippen LogP contribution >= 0.6 is 0 Å². The summed E-state index contributed by atoms with van der Waals surface area (Å²) in [6.07, 6.45) is 1.88. The molecule has 2 aliphatic heterocycles. The molecule has 0 unspecified atom stereocenters. The number of rotatable bonds is 5. The lowest BCUT2D eigenvalue weighted by molar-refractivity contribution is -0.167. The van der Waals surface area contributed by atoms with E-state index in [9.17, 15) is 14.7 Å². The van der Waals surface area contributed by atoms with Crippen molar-refractivity contribution in [2.45, 2.75) is 30.8 Å². The topological polar surface area (TPSA) is 70.1 Å². The summed E-state index contributed by atoms with van der Waals surface area (Å²) >= 11 is 0. The zero-order chi connectivity index (χ0) is 20.8. The molecule has 2 saturated heterocycles. The van der Waals surface area contributed by atoms with E-state index < -0.39 is 0 Å². The minimum atomic E-state index is -0.215. The molecule has 1 saturated carbocycles. The number of carbonyl (C=O) groups is 2. The number of nitrogens with zero attached hydrogens (tertiary/aromatic N) is 2. The van der Waals surface area contributed by atoms with Crippen LogP contribution in [0.5, 0.6) is 5.75 Å². The maximum Gasteiger partial charge on any atom is 0.242 e. The van der Waals surface area contributed by atoms with E-state index in [1.807, 2.05) is 24.3 Å². The van der Waals surface area contributed by atoms with Gasteiger partial charge < -0.3 is 19.6 Å². The third-order valence-corrected chi connectivity index (χ3v) is 6.71. The summed E-state index contributed by atoms with van der Waals surface area (Å²) in [7, 11) is 1.65. The highest BCUT2D eigenvalue weighted by atomic mass is 16.5. The average Bonchev–Trinajstić information content (AvgIpc) is 3.60. The van der Waals surface area contributed by atoms with Gasteiger partial charge in [-0.25, -0.2) is 0 Å². The Balaban J connectivity index is 1.36. The Morgan fingerprint density at radius 2 is 1.70 bits per heavy atom. The number of piperazine rings is 1. The van der Waals surface area contributed by atoms with Gasteiger partial charge in [0.2, 0.25) is 11.8 Å². The number of amides is 2. The Morgan fingerprint density at radius 3 is 2.27 bits per heavy atom. The number of benzene rings is 2. The lowest BCUT2D eigenvalue weighted by Gasteiger charge is -2.58. The molecule has 0 spiro atoms. The van der Waals surface area contributed by atoms with Crippen LogP contribution in [0.1, 0.15) is 24.3 Å². The number of aliphatic hydroxyl groups is 1. The van der Waals surface area contributed by atoms with Gasteiger partial charge in [0.05, 0.1) is 32.3 Å². The van der Waals surface area contributed by atoms with E-state index in [1.54, 1.807) is 16.9 Å². The van der Waals surface area contributed by atoms with Crippen LogP contribution in [-0.2, 0) is 9.59 Å². The van der Waals surface area contributed by atoms with E-state index >= 15 is 0 Å². The van der Waals surface area contributed by atoms with E-state index in [2.05, 4.69) is 24.3 Å². The van der Waals surface area contributed by atoms with E-state index in [0.29, 0.717) is 6.54 Å². The van der Waals surface area contributed by atoms with Crippen molar-refractivity contribution in [1.82, 2.24) is 9.80 Å². The summed E-state index contributed by atoms with van der Waals surface area (Å²) in [5.41, 5.74) is 3.30. The Morgan fingerprint density at radius 1 is 1.07 bits per heavy atom. The molecule has 2 aromatic rings. The predicted octanol–water partition coefficient (Wildman–Crippen LogP) is 2.27. The fourth-order valence-corrected chi connectivity index (χ4v) is 4.94. The minimum Gasteiger partial charge on any atom is -0.497 e. The zero-order valence-electron chi connectivity index (χ0n) is 17.0. The molecule has 2 aromatic carbocycles. The maximum absolute atomic E-state index is 12.7. The number of methoxy groups -OCH3 is 1. The lowest BCUT2D eigenvalue weighted by Crippen LogP contribution is -2.73. The van der Waals surface area contributed by atoms with Crippen LogP contribution in [0.15, 0.2) is 48.5 Å². The van der Waals surface area contributed by atoms with Gasteiger partial charge in [0.1, 0.15) is 5.75 Å². The SMILES string of the molecule is COc1ccc(-c2ccc([C@H]3[C@@H](CO)N4C(=O)CN(C(=O)C5CC5)C[C@@H]34)cc2)cc1. The van der Waals surface area contributed by atoms with Crippen molar-refractivity contribution < 1.29 is 19.4 Å². The molecule has 3 aliphatic rings. The number of hydrogen-bond acceptors (Lipinski definition) is 4. The quantitative estimate of drug-likeness (QED) is 0.827. The molecular formula is C24H26N2O4. The number of fused-ring (bicyclic) bond motifs is 1. The third kappa shape index (κ3) is 3.16. The van der Waals surface area contributed by atoms with Crippen LogP contribution in [0.4, 0.5) is 0 Å². The highest BCUT2D eigenvalue weighted by Crippen LogP contribution is 2.44. The van der Waals surface area contributed by atoms with Crippen molar-refractivity contribution in [3.05, 3.63) is 54.1 Å². The van der Waals surface area contributed by atoms with E-state index in [1.165, 1.54) is 0 Å². The highest BCUT2D eigenvalue weighted by molar-refractivity contribution is 5.89. The van der Waals surface area contributed by atoms with Crippen molar-refractivity contribution in [2.75, 3.05) is 26.8 Å². The molecule has 6 nitrogen and oxygen atoms in total. The standard InChI is InChI=1S/C24H26N2O4/c1-30-19-10-8-16(9-11-19)15-2-4-17(5-3-15)23-20-12-25(24(29)18-6-7-18)13-22(28)26(20)21(23)14-27/h2-5,8-11,18,20-21,23,27H,6-7,12-14H2,1H3/t20-,21+,23+/m0/s1. The first-order chi connectivity index (χ1) is 14.6. The second-order valence-corrected chi connectivity index (χ2v) is 8.49.